The molecule has 0 spiro atoms. The molecule has 2 heterocycles. The minimum Gasteiger partial charge on any atom is -0.351 e. The number of hydrogen-bond acceptors (Lipinski definition) is 3. The summed E-state index contributed by atoms with van der Waals surface area (Å²) >= 11 is 3.93. The molecular weight excluding hydrogens is 324 g/mol. The molecule has 4 rings (SSSR count). The lowest BCUT2D eigenvalue weighted by atomic mass is 10.2. The Hall–Kier alpha value is -1.85. The average molecular weight is 340 g/mol. The Bertz CT molecular complexity index is 820. The topological polar surface area (TPSA) is 44.9 Å². The number of carbonyl (C=O) groups is 1. The van der Waals surface area contributed by atoms with Crippen molar-refractivity contribution < 1.29 is 4.79 Å². The predicted octanol–water partition coefficient (Wildman–Crippen LogP) is 4.90. The minimum atomic E-state index is -0.106. The van der Waals surface area contributed by atoms with Crippen LogP contribution in [0.25, 0.3) is 10.9 Å². The van der Waals surface area contributed by atoms with Crippen LogP contribution in [-0.2, 0) is 0 Å². The van der Waals surface area contributed by atoms with Crippen molar-refractivity contribution in [2.24, 2.45) is 0 Å². The first-order chi connectivity index (χ1) is 11.3. The second-order valence-electron chi connectivity index (χ2n) is 5.42. The summed E-state index contributed by atoms with van der Waals surface area (Å²) in [4.78, 5) is 15.6. The average Bonchev–Trinajstić information content (AvgIpc) is 3.24. The van der Waals surface area contributed by atoms with E-state index >= 15 is 0 Å². The number of carbonyl (C=O) groups excluding carboxylic acids is 1. The van der Waals surface area contributed by atoms with Gasteiger partial charge in [-0.1, -0.05) is 30.3 Å². The standard InChI is InChI=1S/C18H16N2OS2/c21-17(16-11-12-4-1-2-7-15(12)20-16)19-14-6-3-5-13(10-14)18-22-8-9-23-18/h1-7,10-11,18,20H,8-9H2,(H,19,21). The van der Waals surface area contributed by atoms with Crippen molar-refractivity contribution in [3.05, 3.63) is 65.9 Å². The molecule has 116 valence electrons. The van der Waals surface area contributed by atoms with Crippen LogP contribution in [0.1, 0.15) is 20.6 Å². The van der Waals surface area contributed by atoms with E-state index in [0.29, 0.717) is 10.3 Å². The number of H-pyrrole nitrogens is 1. The van der Waals surface area contributed by atoms with E-state index in [2.05, 4.69) is 22.4 Å². The summed E-state index contributed by atoms with van der Waals surface area (Å²) in [7, 11) is 0. The van der Waals surface area contributed by atoms with Gasteiger partial charge in [-0.05, 0) is 29.8 Å². The molecule has 0 saturated carbocycles. The summed E-state index contributed by atoms with van der Waals surface area (Å²) in [6, 6.07) is 17.9. The fourth-order valence-corrected chi connectivity index (χ4v) is 5.55. The van der Waals surface area contributed by atoms with E-state index in [0.717, 1.165) is 16.6 Å². The lowest BCUT2D eigenvalue weighted by Gasteiger charge is -2.10. The van der Waals surface area contributed by atoms with Gasteiger partial charge in [0.2, 0.25) is 0 Å². The van der Waals surface area contributed by atoms with Crippen molar-refractivity contribution in [3.63, 3.8) is 0 Å². The van der Waals surface area contributed by atoms with Crippen LogP contribution in [0.5, 0.6) is 0 Å². The zero-order valence-corrected chi connectivity index (χ0v) is 14.0. The van der Waals surface area contributed by atoms with Crippen molar-refractivity contribution in [1.82, 2.24) is 4.98 Å². The van der Waals surface area contributed by atoms with Crippen LogP contribution in [0.4, 0.5) is 5.69 Å². The van der Waals surface area contributed by atoms with Crippen LogP contribution in [-0.4, -0.2) is 22.4 Å². The fraction of sp³-hybridized carbons (Fsp3) is 0.167. The van der Waals surface area contributed by atoms with Crippen LogP contribution in [0.2, 0.25) is 0 Å². The molecule has 0 aliphatic carbocycles. The number of rotatable bonds is 3. The molecule has 5 heteroatoms. The maximum atomic E-state index is 12.5. The molecule has 23 heavy (non-hydrogen) atoms. The molecule has 1 aliphatic rings. The molecule has 0 atom stereocenters. The van der Waals surface area contributed by atoms with E-state index in [9.17, 15) is 4.79 Å². The first-order valence-corrected chi connectivity index (χ1v) is 9.62. The highest BCUT2D eigenvalue weighted by molar-refractivity contribution is 8.19. The first kappa shape index (κ1) is 14.7. The molecule has 3 aromatic rings. The summed E-state index contributed by atoms with van der Waals surface area (Å²) < 4.78 is 0.486. The van der Waals surface area contributed by atoms with E-state index in [1.807, 2.05) is 66.0 Å². The smallest absolute Gasteiger partial charge is 0.272 e. The van der Waals surface area contributed by atoms with Gasteiger partial charge in [-0.25, -0.2) is 0 Å². The third-order valence-electron chi connectivity index (χ3n) is 3.81. The number of aromatic nitrogens is 1. The molecule has 2 aromatic carbocycles. The maximum Gasteiger partial charge on any atom is 0.272 e. The molecule has 3 nitrogen and oxygen atoms in total. The number of nitrogens with one attached hydrogen (secondary N) is 2. The second-order valence-corrected chi connectivity index (χ2v) is 8.15. The number of para-hydroxylation sites is 1. The third-order valence-corrected chi connectivity index (χ3v) is 6.92. The Kier molecular flexibility index (Phi) is 4.06. The van der Waals surface area contributed by atoms with E-state index in [1.54, 1.807) is 0 Å². The van der Waals surface area contributed by atoms with Crippen LogP contribution in [0, 0.1) is 0 Å². The van der Waals surface area contributed by atoms with E-state index < -0.39 is 0 Å². The van der Waals surface area contributed by atoms with Gasteiger partial charge in [-0.15, -0.1) is 23.5 Å². The summed E-state index contributed by atoms with van der Waals surface area (Å²) in [5.41, 5.74) is 3.68. The van der Waals surface area contributed by atoms with Gasteiger partial charge in [0.1, 0.15) is 5.69 Å². The van der Waals surface area contributed by atoms with Gasteiger partial charge in [-0.2, -0.15) is 0 Å². The number of anilines is 1. The number of fused-ring (bicyclic) bond motifs is 1. The highest BCUT2D eigenvalue weighted by Crippen LogP contribution is 2.45. The van der Waals surface area contributed by atoms with Crippen molar-refractivity contribution in [3.8, 4) is 0 Å². The molecule has 2 N–H and O–H groups in total. The Balaban J connectivity index is 1.55. The Morgan fingerprint density at radius 1 is 1.04 bits per heavy atom. The van der Waals surface area contributed by atoms with E-state index in [4.69, 9.17) is 0 Å². The summed E-state index contributed by atoms with van der Waals surface area (Å²) in [5.74, 6) is 2.28. The number of amides is 1. The van der Waals surface area contributed by atoms with Crippen LogP contribution >= 0.6 is 23.5 Å². The van der Waals surface area contributed by atoms with Gasteiger partial charge in [0.05, 0.1) is 4.58 Å². The monoisotopic (exact) mass is 340 g/mol. The number of thioether (sulfide) groups is 2. The predicted molar refractivity (Wildman–Crippen MR) is 100 cm³/mol. The summed E-state index contributed by atoms with van der Waals surface area (Å²) in [6.45, 7) is 0. The molecule has 0 unspecified atom stereocenters. The van der Waals surface area contributed by atoms with Crippen molar-refractivity contribution >= 4 is 46.0 Å². The second kappa shape index (κ2) is 6.34. The SMILES string of the molecule is O=C(Nc1cccc(C2SCCS2)c1)c1cc2ccccc2[nH]1. The summed E-state index contributed by atoms with van der Waals surface area (Å²) in [6.07, 6.45) is 0. The molecule has 1 aliphatic heterocycles. The number of aromatic amines is 1. The Labute approximate surface area is 143 Å². The first-order valence-electron chi connectivity index (χ1n) is 7.52. The van der Waals surface area contributed by atoms with Gasteiger partial charge in [0.25, 0.3) is 5.91 Å². The number of hydrogen-bond donors (Lipinski definition) is 2. The van der Waals surface area contributed by atoms with E-state index in [1.165, 1.54) is 17.1 Å². The molecule has 1 amide bonds. The molecule has 0 radical (unpaired) electrons. The summed E-state index contributed by atoms with van der Waals surface area (Å²) in [5, 5.41) is 4.04. The van der Waals surface area contributed by atoms with Gasteiger partial charge >= 0.3 is 0 Å². The highest BCUT2D eigenvalue weighted by Gasteiger charge is 2.18. The van der Waals surface area contributed by atoms with Gasteiger partial charge < -0.3 is 10.3 Å². The Morgan fingerprint density at radius 2 is 1.87 bits per heavy atom. The largest absolute Gasteiger partial charge is 0.351 e. The normalized spacial score (nSPS) is 15.1. The lowest BCUT2D eigenvalue weighted by Crippen LogP contribution is -2.12. The van der Waals surface area contributed by atoms with E-state index in [-0.39, 0.29) is 5.91 Å². The molecule has 1 saturated heterocycles. The van der Waals surface area contributed by atoms with Gasteiger partial charge in [-0.3, -0.25) is 4.79 Å². The zero-order valence-electron chi connectivity index (χ0n) is 12.4. The third kappa shape index (κ3) is 3.12. The van der Waals surface area contributed by atoms with Crippen LogP contribution < -0.4 is 5.32 Å². The fourth-order valence-electron chi connectivity index (χ4n) is 2.71. The highest BCUT2D eigenvalue weighted by atomic mass is 32.2. The maximum absolute atomic E-state index is 12.5. The quantitative estimate of drug-likeness (QED) is 0.713. The molecular formula is C18H16N2OS2. The molecule has 0 bridgehead atoms. The minimum absolute atomic E-state index is 0.106. The Morgan fingerprint density at radius 3 is 2.70 bits per heavy atom. The molecule has 1 aromatic heterocycles. The molecule has 1 fully saturated rings. The van der Waals surface area contributed by atoms with Crippen molar-refractivity contribution in [1.29, 1.82) is 0 Å². The van der Waals surface area contributed by atoms with Crippen LogP contribution in [0.15, 0.2) is 54.6 Å². The number of benzene rings is 2. The lowest BCUT2D eigenvalue weighted by molar-refractivity contribution is 0.102. The van der Waals surface area contributed by atoms with Gasteiger partial charge in [0, 0.05) is 28.1 Å². The van der Waals surface area contributed by atoms with Crippen LogP contribution in [0.3, 0.4) is 0 Å². The van der Waals surface area contributed by atoms with Crippen molar-refractivity contribution in [2.45, 2.75) is 4.58 Å². The van der Waals surface area contributed by atoms with Crippen molar-refractivity contribution in [2.75, 3.05) is 16.8 Å². The zero-order chi connectivity index (χ0) is 15.6. The van der Waals surface area contributed by atoms with Gasteiger partial charge in [0.15, 0.2) is 0 Å².